The molecule has 0 spiro atoms. The van der Waals surface area contributed by atoms with Crippen LogP contribution in [-0.2, 0) is 4.79 Å². The first-order valence-electron chi connectivity index (χ1n) is 8.26. The van der Waals surface area contributed by atoms with Gasteiger partial charge in [0.15, 0.2) is 11.5 Å². The number of fused-ring (bicyclic) bond motifs is 1. The molecule has 3 heterocycles. The number of thioether (sulfide) groups is 1. The molecule has 0 bridgehead atoms. The number of ether oxygens (including phenoxy) is 2. The number of amides is 1. The van der Waals surface area contributed by atoms with E-state index in [1.807, 2.05) is 18.2 Å². The van der Waals surface area contributed by atoms with Gasteiger partial charge in [-0.15, -0.1) is 5.10 Å². The first kappa shape index (κ1) is 17.0. The summed E-state index contributed by atoms with van der Waals surface area (Å²) in [5.74, 6) is 1.77. The number of nitrogens with zero attached hydrogens (tertiary/aromatic N) is 3. The number of hydrogen-bond acceptors (Lipinski definition) is 8. The van der Waals surface area contributed by atoms with Crippen molar-refractivity contribution in [2.45, 2.75) is 23.6 Å². The molecule has 1 fully saturated rings. The van der Waals surface area contributed by atoms with Crippen molar-refractivity contribution in [3.8, 4) is 11.5 Å². The molecule has 1 aromatic carbocycles. The van der Waals surface area contributed by atoms with E-state index in [0.717, 1.165) is 11.3 Å². The zero-order valence-corrected chi connectivity index (χ0v) is 14.7. The third-order valence-corrected chi connectivity index (χ3v) is 5.40. The van der Waals surface area contributed by atoms with Crippen LogP contribution >= 0.6 is 11.8 Å². The molecule has 1 amide bonds. The molecule has 2 aliphatic rings. The zero-order valence-electron chi connectivity index (χ0n) is 13.9. The summed E-state index contributed by atoms with van der Waals surface area (Å²) in [6.45, 7) is 1.11. The van der Waals surface area contributed by atoms with Gasteiger partial charge in [0.05, 0.1) is 11.9 Å². The number of benzene rings is 1. The van der Waals surface area contributed by atoms with Gasteiger partial charge in [-0.3, -0.25) is 4.79 Å². The zero-order chi connectivity index (χ0) is 18.1. The third-order valence-electron chi connectivity index (χ3n) is 4.57. The lowest BCUT2D eigenvalue weighted by atomic mass is 9.87. The molecule has 0 radical (unpaired) electrons. The number of nitrogen functional groups attached to an aromatic ring is 1. The van der Waals surface area contributed by atoms with E-state index in [2.05, 4.69) is 15.2 Å². The second-order valence-electron chi connectivity index (χ2n) is 6.21. The van der Waals surface area contributed by atoms with E-state index in [9.17, 15) is 9.90 Å². The maximum Gasteiger partial charge on any atom is 0.233 e. The molecule has 2 aliphatic heterocycles. The second-order valence-corrected chi connectivity index (χ2v) is 7.15. The molecule has 0 aliphatic carbocycles. The Labute approximate surface area is 153 Å². The number of carbonyl (C=O) groups excluding carboxylic acids is 1. The summed E-state index contributed by atoms with van der Waals surface area (Å²) in [5.41, 5.74) is 6.46. The minimum atomic E-state index is -0.628. The number of nitrogens with one attached hydrogen (secondary N) is 1. The maximum absolute atomic E-state index is 12.4. The average molecular weight is 377 g/mol. The molecule has 0 saturated carbocycles. The standard InChI is InChI=1S/C16H19N5O4S/c17-15-18-16(20-19-15)26-7-14(23)21-4-3-10(11(22)6-21)9-1-2-12-13(5-9)25-8-24-12/h1-2,5,10-11,22H,3-4,6-8H2,(H3,17,18,19,20)/t10-,11+/m0/s1. The Hall–Kier alpha value is -2.46. The predicted octanol–water partition coefficient (Wildman–Crippen LogP) is 0.585. The fourth-order valence-electron chi connectivity index (χ4n) is 3.23. The van der Waals surface area contributed by atoms with E-state index in [4.69, 9.17) is 15.2 Å². The van der Waals surface area contributed by atoms with Gasteiger partial charge in [0.25, 0.3) is 0 Å². The van der Waals surface area contributed by atoms with Crippen molar-refractivity contribution in [3.05, 3.63) is 23.8 Å². The van der Waals surface area contributed by atoms with Crippen LogP contribution in [0, 0.1) is 0 Å². The van der Waals surface area contributed by atoms with Crippen molar-refractivity contribution in [2.75, 3.05) is 31.4 Å². The molecular formula is C16H19N5O4S. The smallest absolute Gasteiger partial charge is 0.233 e. The summed E-state index contributed by atoms with van der Waals surface area (Å²) >= 11 is 1.22. The number of anilines is 1. The minimum Gasteiger partial charge on any atom is -0.454 e. The fraction of sp³-hybridized carbons (Fsp3) is 0.438. The van der Waals surface area contributed by atoms with Gasteiger partial charge in [0.2, 0.25) is 23.8 Å². The number of piperidine rings is 1. The first-order valence-corrected chi connectivity index (χ1v) is 9.25. The SMILES string of the molecule is Nc1nc(SCC(=O)N2CC[C@@H](c3ccc4c(c3)OCO4)[C@H](O)C2)n[nH]1. The third kappa shape index (κ3) is 3.42. The topological polar surface area (TPSA) is 127 Å². The Balaban J connectivity index is 1.35. The van der Waals surface area contributed by atoms with E-state index in [1.54, 1.807) is 4.90 Å². The van der Waals surface area contributed by atoms with E-state index in [1.165, 1.54) is 11.8 Å². The van der Waals surface area contributed by atoms with E-state index in [-0.39, 0.29) is 30.3 Å². The highest BCUT2D eigenvalue weighted by molar-refractivity contribution is 7.99. The number of likely N-dealkylation sites (tertiary alicyclic amines) is 1. The lowest BCUT2D eigenvalue weighted by molar-refractivity contribution is -0.131. The van der Waals surface area contributed by atoms with Crippen LogP contribution in [0.15, 0.2) is 23.4 Å². The molecule has 10 heteroatoms. The van der Waals surface area contributed by atoms with Crippen molar-refractivity contribution in [1.29, 1.82) is 0 Å². The number of carbonyl (C=O) groups is 1. The monoisotopic (exact) mass is 377 g/mol. The van der Waals surface area contributed by atoms with Crippen LogP contribution in [0.5, 0.6) is 11.5 Å². The lowest BCUT2D eigenvalue weighted by Crippen LogP contribution is -2.46. The largest absolute Gasteiger partial charge is 0.454 e. The lowest BCUT2D eigenvalue weighted by Gasteiger charge is -2.36. The molecule has 4 rings (SSSR count). The molecular weight excluding hydrogens is 358 g/mol. The van der Waals surface area contributed by atoms with Crippen LogP contribution in [0.2, 0.25) is 0 Å². The summed E-state index contributed by atoms with van der Waals surface area (Å²) < 4.78 is 10.7. The predicted molar refractivity (Wildman–Crippen MR) is 94.0 cm³/mol. The van der Waals surface area contributed by atoms with Crippen molar-refractivity contribution in [2.24, 2.45) is 0 Å². The summed E-state index contributed by atoms with van der Waals surface area (Å²) in [6, 6.07) is 5.72. The van der Waals surface area contributed by atoms with Crippen LogP contribution in [0.1, 0.15) is 17.9 Å². The number of aliphatic hydroxyl groups excluding tert-OH is 1. The number of hydrogen-bond donors (Lipinski definition) is 3. The van der Waals surface area contributed by atoms with Crippen molar-refractivity contribution >= 4 is 23.6 Å². The minimum absolute atomic E-state index is 0.0333. The van der Waals surface area contributed by atoms with E-state index < -0.39 is 6.10 Å². The fourth-order valence-corrected chi connectivity index (χ4v) is 3.94. The summed E-state index contributed by atoms with van der Waals surface area (Å²) in [5, 5.41) is 17.4. The Morgan fingerprint density at radius 1 is 1.42 bits per heavy atom. The number of aromatic amines is 1. The molecule has 2 aromatic rings. The molecule has 2 atom stereocenters. The van der Waals surface area contributed by atoms with Crippen molar-refractivity contribution < 1.29 is 19.4 Å². The molecule has 0 unspecified atom stereocenters. The van der Waals surface area contributed by atoms with Gasteiger partial charge in [0.1, 0.15) is 0 Å². The van der Waals surface area contributed by atoms with Gasteiger partial charge < -0.3 is 25.2 Å². The van der Waals surface area contributed by atoms with Crippen LogP contribution in [0.25, 0.3) is 0 Å². The normalized spacial score (nSPS) is 21.8. The van der Waals surface area contributed by atoms with Gasteiger partial charge in [-0.05, 0) is 24.1 Å². The highest BCUT2D eigenvalue weighted by Crippen LogP contribution is 2.37. The number of β-amino-alcohol motifs (C(OH)–C–C–N with tert-alkyl or cyclic N) is 1. The van der Waals surface area contributed by atoms with Crippen LogP contribution < -0.4 is 15.2 Å². The highest BCUT2D eigenvalue weighted by atomic mass is 32.2. The maximum atomic E-state index is 12.4. The number of H-pyrrole nitrogens is 1. The summed E-state index contributed by atoms with van der Waals surface area (Å²) in [7, 11) is 0. The second kappa shape index (κ2) is 7.04. The Bertz CT molecular complexity index is 814. The van der Waals surface area contributed by atoms with Gasteiger partial charge in [-0.2, -0.15) is 4.98 Å². The number of nitrogens with two attached hydrogens (primary N) is 1. The average Bonchev–Trinajstić information content (AvgIpc) is 3.27. The Morgan fingerprint density at radius 2 is 2.27 bits per heavy atom. The van der Waals surface area contributed by atoms with Gasteiger partial charge in [0, 0.05) is 19.0 Å². The van der Waals surface area contributed by atoms with Gasteiger partial charge in [-0.1, -0.05) is 17.8 Å². The summed E-state index contributed by atoms with van der Waals surface area (Å²) in [4.78, 5) is 18.0. The number of aromatic nitrogens is 3. The number of rotatable bonds is 4. The molecule has 9 nitrogen and oxygen atoms in total. The van der Waals surface area contributed by atoms with Gasteiger partial charge >= 0.3 is 0 Å². The number of aliphatic hydroxyl groups is 1. The Morgan fingerprint density at radius 3 is 3.04 bits per heavy atom. The van der Waals surface area contributed by atoms with Gasteiger partial charge in [-0.25, -0.2) is 5.10 Å². The van der Waals surface area contributed by atoms with Crippen molar-refractivity contribution in [3.63, 3.8) is 0 Å². The highest BCUT2D eigenvalue weighted by Gasteiger charge is 2.32. The van der Waals surface area contributed by atoms with E-state index >= 15 is 0 Å². The Kier molecular flexibility index (Phi) is 4.60. The molecule has 26 heavy (non-hydrogen) atoms. The quantitative estimate of drug-likeness (QED) is 0.661. The van der Waals surface area contributed by atoms with Crippen LogP contribution in [0.4, 0.5) is 5.95 Å². The molecule has 4 N–H and O–H groups in total. The van der Waals surface area contributed by atoms with Crippen LogP contribution in [-0.4, -0.2) is 62.8 Å². The molecule has 138 valence electrons. The summed E-state index contributed by atoms with van der Waals surface area (Å²) in [6.07, 6.45) is 0.0578. The van der Waals surface area contributed by atoms with Crippen LogP contribution in [0.3, 0.4) is 0 Å². The first-order chi connectivity index (χ1) is 12.6. The molecule has 1 aromatic heterocycles. The molecule has 1 saturated heterocycles. The van der Waals surface area contributed by atoms with E-state index in [0.29, 0.717) is 30.4 Å². The van der Waals surface area contributed by atoms with Crippen molar-refractivity contribution in [1.82, 2.24) is 20.1 Å².